The van der Waals surface area contributed by atoms with Crippen molar-refractivity contribution < 1.29 is 4.74 Å². The Morgan fingerprint density at radius 1 is 1.03 bits per heavy atom. The lowest BCUT2D eigenvalue weighted by molar-refractivity contribution is 0.419. The molecule has 1 N–H and O–H groups in total. The van der Waals surface area contributed by atoms with Crippen LogP contribution in [0.4, 0.5) is 11.5 Å². The number of hydrogen-bond acceptors (Lipinski definition) is 6. The molecule has 2 aromatic carbocycles. The van der Waals surface area contributed by atoms with Gasteiger partial charge in [-0.2, -0.15) is 0 Å². The Hall–Kier alpha value is -2.77. The monoisotopic (exact) mass is 470 g/mol. The summed E-state index contributed by atoms with van der Waals surface area (Å²) in [6.07, 6.45) is 4.82. The zero-order chi connectivity index (χ0) is 21.2. The zero-order valence-corrected chi connectivity index (χ0v) is 19.0. The van der Waals surface area contributed by atoms with Gasteiger partial charge in [-0.3, -0.25) is 0 Å². The van der Waals surface area contributed by atoms with Crippen molar-refractivity contribution in [3.8, 4) is 5.75 Å². The zero-order valence-electron chi connectivity index (χ0n) is 16.6. The number of hydrogen-bond donors (Lipinski definition) is 1. The Bertz CT molecular complexity index is 1100. The maximum atomic E-state index is 5.49. The third-order valence-corrected chi connectivity index (χ3v) is 4.90. The number of methoxy groups -OCH3 is 1. The van der Waals surface area contributed by atoms with E-state index in [-0.39, 0.29) is 0 Å². The molecular weight excluding hydrogens is 448 g/mol. The topological polar surface area (TPSA) is 59.9 Å². The van der Waals surface area contributed by atoms with Gasteiger partial charge >= 0.3 is 0 Å². The summed E-state index contributed by atoms with van der Waals surface area (Å²) >= 11 is 5.08. The SMILES string of the molecule is C=CC=C.CC.COc1cc(Br)cc2ncnc(Nc3ccc4ncsc4c3)c12. The van der Waals surface area contributed by atoms with E-state index in [0.29, 0.717) is 5.82 Å². The second kappa shape index (κ2) is 11.3. The number of nitrogens with zero attached hydrogens (tertiary/aromatic N) is 3. The molecule has 0 aliphatic carbocycles. The first-order chi connectivity index (χ1) is 14.2. The Labute approximate surface area is 183 Å². The Balaban J connectivity index is 0.000000449. The molecule has 150 valence electrons. The normalized spacial score (nSPS) is 9.66. The minimum absolute atomic E-state index is 0.711. The van der Waals surface area contributed by atoms with Crippen LogP contribution in [-0.4, -0.2) is 22.1 Å². The number of thiazole rings is 1. The van der Waals surface area contributed by atoms with E-state index in [1.807, 2.05) is 43.6 Å². The van der Waals surface area contributed by atoms with Gasteiger partial charge in [0.05, 0.1) is 33.7 Å². The Kier molecular flexibility index (Phi) is 8.76. The number of benzene rings is 2. The van der Waals surface area contributed by atoms with Gasteiger partial charge in [-0.1, -0.05) is 55.1 Å². The summed E-state index contributed by atoms with van der Waals surface area (Å²) in [6.45, 7) is 10.7. The number of halogens is 1. The van der Waals surface area contributed by atoms with Crippen LogP contribution in [0.25, 0.3) is 21.1 Å². The molecule has 0 atom stereocenters. The number of anilines is 2. The number of nitrogens with one attached hydrogen (secondary N) is 1. The molecule has 2 aromatic heterocycles. The minimum Gasteiger partial charge on any atom is -0.496 e. The van der Waals surface area contributed by atoms with Gasteiger partial charge < -0.3 is 10.1 Å². The van der Waals surface area contributed by atoms with Crippen molar-refractivity contribution in [3.05, 3.63) is 72.0 Å². The van der Waals surface area contributed by atoms with Crippen molar-refractivity contribution in [2.45, 2.75) is 13.8 Å². The number of ether oxygens (including phenoxy) is 1. The summed E-state index contributed by atoms with van der Waals surface area (Å²) < 4.78 is 7.53. The van der Waals surface area contributed by atoms with Crippen LogP contribution in [0.5, 0.6) is 5.75 Å². The largest absolute Gasteiger partial charge is 0.496 e. The van der Waals surface area contributed by atoms with Crippen molar-refractivity contribution in [3.63, 3.8) is 0 Å². The first kappa shape index (κ1) is 22.5. The highest BCUT2D eigenvalue weighted by atomic mass is 79.9. The first-order valence-corrected chi connectivity index (χ1v) is 10.7. The van der Waals surface area contributed by atoms with Gasteiger partial charge in [-0.15, -0.1) is 11.3 Å². The molecule has 0 radical (unpaired) electrons. The van der Waals surface area contributed by atoms with Crippen LogP contribution in [0.15, 0.2) is 72.0 Å². The van der Waals surface area contributed by atoms with Crippen molar-refractivity contribution in [2.24, 2.45) is 0 Å². The number of aromatic nitrogens is 3. The maximum Gasteiger partial charge on any atom is 0.145 e. The fraction of sp³-hybridized carbons (Fsp3) is 0.136. The van der Waals surface area contributed by atoms with Crippen molar-refractivity contribution >= 4 is 59.9 Å². The molecule has 0 unspecified atom stereocenters. The predicted octanol–water partition coefficient (Wildman–Crippen LogP) is 7.14. The van der Waals surface area contributed by atoms with Gasteiger partial charge in [0.2, 0.25) is 0 Å². The molecule has 0 bridgehead atoms. The van der Waals surface area contributed by atoms with Crippen LogP contribution >= 0.6 is 27.3 Å². The average Bonchev–Trinajstić information content (AvgIpc) is 3.22. The quantitative estimate of drug-likeness (QED) is 0.321. The van der Waals surface area contributed by atoms with Crippen LogP contribution in [0.3, 0.4) is 0 Å². The van der Waals surface area contributed by atoms with Crippen LogP contribution in [0, 0.1) is 0 Å². The van der Waals surface area contributed by atoms with Gasteiger partial charge in [-0.25, -0.2) is 15.0 Å². The van der Waals surface area contributed by atoms with Gasteiger partial charge in [-0.05, 0) is 30.3 Å². The van der Waals surface area contributed by atoms with Crippen LogP contribution < -0.4 is 10.1 Å². The van der Waals surface area contributed by atoms with Crippen LogP contribution in [-0.2, 0) is 0 Å². The third kappa shape index (κ3) is 5.62. The molecule has 0 aliphatic rings. The first-order valence-electron chi connectivity index (χ1n) is 8.98. The minimum atomic E-state index is 0.711. The number of allylic oxidation sites excluding steroid dienone is 2. The smallest absolute Gasteiger partial charge is 0.145 e. The molecule has 4 rings (SSSR count). The van der Waals surface area contributed by atoms with E-state index < -0.39 is 0 Å². The molecule has 29 heavy (non-hydrogen) atoms. The van der Waals surface area contributed by atoms with Gasteiger partial charge in [0.15, 0.2) is 0 Å². The molecule has 2 heterocycles. The molecule has 0 fully saturated rings. The molecule has 0 saturated carbocycles. The van der Waals surface area contributed by atoms with Gasteiger partial charge in [0, 0.05) is 10.2 Å². The lowest BCUT2D eigenvalue weighted by atomic mass is 10.2. The molecule has 0 aliphatic heterocycles. The fourth-order valence-electron chi connectivity index (χ4n) is 2.45. The number of rotatable bonds is 4. The summed E-state index contributed by atoms with van der Waals surface area (Å²) in [5.41, 5.74) is 4.60. The molecule has 5 nitrogen and oxygen atoms in total. The Morgan fingerprint density at radius 2 is 1.79 bits per heavy atom. The van der Waals surface area contributed by atoms with Crippen molar-refractivity contribution in [1.82, 2.24) is 15.0 Å². The van der Waals surface area contributed by atoms with Crippen molar-refractivity contribution in [2.75, 3.05) is 12.4 Å². The predicted molar refractivity (Wildman–Crippen MR) is 128 cm³/mol. The Morgan fingerprint density at radius 3 is 2.48 bits per heavy atom. The lowest BCUT2D eigenvalue weighted by Gasteiger charge is -2.12. The van der Waals surface area contributed by atoms with E-state index in [1.165, 1.54) is 0 Å². The van der Waals surface area contributed by atoms with Crippen LogP contribution in [0.2, 0.25) is 0 Å². The second-order valence-electron chi connectivity index (χ2n) is 5.36. The highest BCUT2D eigenvalue weighted by Gasteiger charge is 2.11. The molecule has 4 aromatic rings. The highest BCUT2D eigenvalue weighted by Crippen LogP contribution is 2.34. The standard InChI is InChI=1S/C16H11BrN4OS.C4H6.C2H6/c1-22-13-5-9(17)4-12-15(13)16(19-7-18-12)21-10-2-3-11-14(6-10)23-8-20-11;1-3-4-2;1-2/h2-8H,1H3,(H,18,19,21);3-4H,1-2H2;1-2H3. The lowest BCUT2D eigenvalue weighted by Crippen LogP contribution is -1.98. The molecule has 7 heteroatoms. The summed E-state index contributed by atoms with van der Waals surface area (Å²) in [5.74, 6) is 1.43. The van der Waals surface area contributed by atoms with Crippen LogP contribution in [0.1, 0.15) is 13.8 Å². The number of fused-ring (bicyclic) bond motifs is 2. The van der Waals surface area contributed by atoms with Gasteiger partial charge in [0.1, 0.15) is 17.9 Å². The van der Waals surface area contributed by atoms with Crippen molar-refractivity contribution in [1.29, 1.82) is 0 Å². The van der Waals surface area contributed by atoms with E-state index in [1.54, 1.807) is 36.9 Å². The van der Waals surface area contributed by atoms with E-state index in [2.05, 4.69) is 55.4 Å². The molecule has 0 spiro atoms. The highest BCUT2D eigenvalue weighted by molar-refractivity contribution is 9.10. The third-order valence-electron chi connectivity index (χ3n) is 3.65. The van der Waals surface area contributed by atoms with Gasteiger partial charge in [0.25, 0.3) is 0 Å². The average molecular weight is 471 g/mol. The van der Waals surface area contributed by atoms with E-state index in [9.17, 15) is 0 Å². The maximum absolute atomic E-state index is 5.49. The van der Waals surface area contributed by atoms with E-state index >= 15 is 0 Å². The molecule has 0 saturated heterocycles. The summed E-state index contributed by atoms with van der Waals surface area (Å²) in [7, 11) is 1.64. The summed E-state index contributed by atoms with van der Waals surface area (Å²) in [4.78, 5) is 13.0. The summed E-state index contributed by atoms with van der Waals surface area (Å²) in [5, 5.41) is 4.21. The van der Waals surface area contributed by atoms with E-state index in [0.717, 1.165) is 37.0 Å². The summed E-state index contributed by atoms with van der Waals surface area (Å²) in [6, 6.07) is 9.89. The van der Waals surface area contributed by atoms with E-state index in [4.69, 9.17) is 4.74 Å². The molecular formula is C22H23BrN4OS. The fourth-order valence-corrected chi connectivity index (χ4v) is 3.59. The molecule has 0 amide bonds. The second-order valence-corrected chi connectivity index (χ2v) is 7.16.